The van der Waals surface area contributed by atoms with Crippen LogP contribution in [0.2, 0.25) is 0 Å². The van der Waals surface area contributed by atoms with Gasteiger partial charge in [0.1, 0.15) is 0 Å². The zero-order chi connectivity index (χ0) is 22.1. The largest absolute Gasteiger partial charge is 4.00 e. The van der Waals surface area contributed by atoms with Crippen LogP contribution in [0.25, 0.3) is 0 Å². The van der Waals surface area contributed by atoms with Crippen molar-refractivity contribution in [3.8, 4) is 0 Å². The zero-order valence-electron chi connectivity index (χ0n) is 12.4. The maximum atomic E-state index is 9.75. The summed E-state index contributed by atoms with van der Waals surface area (Å²) >= 11 is 0. The molecule has 0 nitrogen and oxygen atoms in total. The topological polar surface area (TPSA) is 0 Å². The Balaban J connectivity index is -0.0000000476. The molecule has 0 spiro atoms. The van der Waals surface area contributed by atoms with E-state index in [1.165, 1.54) is 6.42 Å². The van der Waals surface area contributed by atoms with Gasteiger partial charge in [0, 0.05) is 0 Å². The quantitative estimate of drug-likeness (QED) is 0.171. The second-order valence-electron chi connectivity index (χ2n) is 3.04. The first-order valence-corrected chi connectivity index (χ1v) is 5.49. The monoisotopic (exact) mass is 656 g/mol. The Morgan fingerprint density at radius 3 is 0.462 bits per heavy atom. The second-order valence-corrected chi connectivity index (χ2v) is 3.04. The molecule has 0 unspecified atom stereocenters. The van der Waals surface area contributed by atoms with Crippen molar-refractivity contribution >= 4 is 29.0 Å². The Kier molecular flexibility index (Phi) is 31.3. The number of unbranched alkanes of at least 4 members (excludes halogenated alkanes) is 2. The van der Waals surface area contributed by atoms with E-state index in [4.69, 9.17) is 0 Å². The fraction of sp³-hybridized carbons (Fsp3) is 0.600. The third kappa shape index (κ3) is 2710. The zero-order valence-corrected chi connectivity index (χ0v) is 16.6. The third-order valence-electron chi connectivity index (χ3n) is 0.500. The van der Waals surface area contributed by atoms with E-state index >= 15 is 0 Å². The molecule has 0 saturated heterocycles. The van der Waals surface area contributed by atoms with Crippen LogP contribution in [0.3, 0.4) is 0 Å². The van der Waals surface area contributed by atoms with Crippen molar-refractivity contribution in [2.24, 2.45) is 0 Å². The van der Waals surface area contributed by atoms with E-state index < -0.39 is 29.0 Å². The molecule has 0 heterocycles. The molecule has 0 aliphatic heterocycles. The first-order chi connectivity index (χ1) is 10.4. The number of halogens is 16. The Morgan fingerprint density at radius 1 is 0.385 bits per heavy atom. The van der Waals surface area contributed by atoms with Gasteiger partial charge in [0.2, 0.25) is 0 Å². The number of rotatable bonds is 2. The van der Waals surface area contributed by atoms with E-state index in [9.17, 15) is 69.1 Å². The van der Waals surface area contributed by atoms with Gasteiger partial charge in [0.15, 0.2) is 0 Å². The number of hydrogen-bond acceptors (Lipinski definition) is 0. The summed E-state index contributed by atoms with van der Waals surface area (Å²) in [5, 5.41) is 0. The molecule has 0 fully saturated rings. The van der Waals surface area contributed by atoms with Gasteiger partial charge >= 0.3 is 60.1 Å². The van der Waals surface area contributed by atoms with Gasteiger partial charge in [-0.05, 0) is 0 Å². The molecule has 0 aliphatic rings. The summed E-state index contributed by atoms with van der Waals surface area (Å²) in [4.78, 5) is 0. The molecule has 0 aromatic rings. The van der Waals surface area contributed by atoms with Crippen molar-refractivity contribution in [2.75, 3.05) is 0 Å². The molecule has 26 heavy (non-hydrogen) atoms. The minimum Gasteiger partial charge on any atom is -0.418 e. The Morgan fingerprint density at radius 2 is 0.462 bits per heavy atom. The van der Waals surface area contributed by atoms with E-state index in [-0.39, 0.29) is 31.1 Å². The van der Waals surface area contributed by atoms with Crippen molar-refractivity contribution in [2.45, 2.75) is 19.3 Å². The molecule has 0 atom stereocenters. The van der Waals surface area contributed by atoms with E-state index in [1.54, 1.807) is 0 Å². The van der Waals surface area contributed by atoms with Crippen molar-refractivity contribution in [3.63, 3.8) is 0 Å². The minimum atomic E-state index is -6.00. The van der Waals surface area contributed by atoms with Crippen LogP contribution in [0.15, 0.2) is 0 Å². The predicted octanol–water partition coefficient (Wildman–Crippen LogP) is 7.02. The van der Waals surface area contributed by atoms with Crippen molar-refractivity contribution in [3.05, 3.63) is 13.8 Å². The van der Waals surface area contributed by atoms with Gasteiger partial charge < -0.3 is 82.9 Å². The standard InChI is InChI=1S/C5H10.4BF4.U/c1-3-5-4-2;4*2-1(3,4)5;/h1-5H2;;;;;/q-2;4*-1;+4. The SMILES string of the molecule is F[B-](F)(F)F.F[B-](F)(F)F.F[B-](F)(F)F.F[B-](F)(F)F.[CH2-]CCC[CH2-].[U+4]. The van der Waals surface area contributed by atoms with E-state index in [2.05, 4.69) is 13.8 Å². The average molecular weight is 655 g/mol. The number of hydrogen-bond donors (Lipinski definition) is 0. The molecule has 0 aromatic heterocycles. The van der Waals surface area contributed by atoms with Crippen LogP contribution in [-0.4, -0.2) is 29.0 Å². The van der Waals surface area contributed by atoms with Gasteiger partial charge in [0.25, 0.3) is 0 Å². The summed E-state index contributed by atoms with van der Waals surface area (Å²) in [7, 11) is -24.0. The van der Waals surface area contributed by atoms with Gasteiger partial charge in [-0.2, -0.15) is 12.8 Å². The van der Waals surface area contributed by atoms with Crippen LogP contribution in [0.1, 0.15) is 19.3 Å². The fourth-order valence-electron chi connectivity index (χ4n) is 0.177. The summed E-state index contributed by atoms with van der Waals surface area (Å²) in [5.41, 5.74) is 0. The molecule has 0 aliphatic carbocycles. The van der Waals surface area contributed by atoms with Crippen molar-refractivity contribution in [1.82, 2.24) is 0 Å². The summed E-state index contributed by atoms with van der Waals surface area (Å²) in [6.07, 6.45) is 3.23. The second kappa shape index (κ2) is 19.9. The summed E-state index contributed by atoms with van der Waals surface area (Å²) < 4.78 is 156. The summed E-state index contributed by atoms with van der Waals surface area (Å²) in [5.74, 6) is 0. The molecule has 21 heteroatoms. The van der Waals surface area contributed by atoms with Crippen LogP contribution in [0, 0.1) is 45.0 Å². The molecule has 0 saturated carbocycles. The van der Waals surface area contributed by atoms with Crippen LogP contribution < -0.4 is 0 Å². The molecule has 0 radical (unpaired) electrons. The summed E-state index contributed by atoms with van der Waals surface area (Å²) in [6.45, 7) is 7.27. The molecule has 0 aromatic carbocycles. The van der Waals surface area contributed by atoms with Crippen LogP contribution in [0.4, 0.5) is 69.1 Å². The summed E-state index contributed by atoms with van der Waals surface area (Å²) in [6, 6.07) is 0. The van der Waals surface area contributed by atoms with Gasteiger partial charge in [-0.25, -0.2) is 0 Å². The van der Waals surface area contributed by atoms with Gasteiger partial charge in [-0.15, -0.1) is 6.42 Å². The van der Waals surface area contributed by atoms with Crippen LogP contribution in [0.5, 0.6) is 0 Å². The molecular formula is C5H10B4F16U-2. The van der Waals surface area contributed by atoms with Crippen LogP contribution >= 0.6 is 0 Å². The maximum Gasteiger partial charge on any atom is 4.00 e. The molecule has 0 amide bonds. The van der Waals surface area contributed by atoms with E-state index in [0.717, 1.165) is 12.8 Å². The molecular weight excluding hydrogens is 645 g/mol. The minimum absolute atomic E-state index is 0. The van der Waals surface area contributed by atoms with E-state index in [0.29, 0.717) is 0 Å². The normalized spacial score (nSPS) is 10.8. The van der Waals surface area contributed by atoms with Gasteiger partial charge in [-0.3, -0.25) is 0 Å². The molecule has 0 rings (SSSR count). The van der Waals surface area contributed by atoms with Gasteiger partial charge in [0.05, 0.1) is 0 Å². The van der Waals surface area contributed by atoms with Crippen molar-refractivity contribution in [1.29, 1.82) is 0 Å². The Bertz CT molecular complexity index is 183. The Labute approximate surface area is 162 Å². The smallest absolute Gasteiger partial charge is 0.418 e. The first-order valence-electron chi connectivity index (χ1n) is 5.49. The maximum absolute atomic E-state index is 9.75. The molecule has 160 valence electrons. The van der Waals surface area contributed by atoms with Gasteiger partial charge in [-0.1, -0.05) is 0 Å². The van der Waals surface area contributed by atoms with Crippen molar-refractivity contribution < 1.29 is 100 Å². The van der Waals surface area contributed by atoms with Crippen LogP contribution in [-0.2, 0) is 0 Å². The van der Waals surface area contributed by atoms with E-state index in [1.807, 2.05) is 0 Å². The first kappa shape index (κ1) is 40.8. The Hall–Kier alpha value is 0.192. The average Bonchev–Trinajstić information content (AvgIpc) is 2.06. The molecule has 0 N–H and O–H groups in total. The fourth-order valence-corrected chi connectivity index (χ4v) is 0.177. The predicted molar refractivity (Wildman–Crippen MR) is 65.3 cm³/mol. The third-order valence-corrected chi connectivity index (χ3v) is 0.500. The molecule has 0 bridgehead atoms.